The minimum absolute atomic E-state index is 0.202. The Morgan fingerprint density at radius 1 is 1.25 bits per heavy atom. The van der Waals surface area contributed by atoms with Crippen LogP contribution in [0.5, 0.6) is 5.75 Å². The number of anilines is 2. The zero-order valence-electron chi connectivity index (χ0n) is 15.1. The number of hydrogen-bond acceptors (Lipinski definition) is 5. The van der Waals surface area contributed by atoms with E-state index < -0.39 is 11.9 Å². The van der Waals surface area contributed by atoms with Gasteiger partial charge in [-0.2, -0.15) is 0 Å². The van der Waals surface area contributed by atoms with E-state index in [2.05, 4.69) is 15.6 Å². The molecule has 0 saturated carbocycles. The van der Waals surface area contributed by atoms with Crippen LogP contribution in [-0.4, -0.2) is 22.9 Å². The quantitative estimate of drug-likeness (QED) is 0.693. The van der Waals surface area contributed by atoms with Crippen LogP contribution in [0.2, 0.25) is 0 Å². The number of fused-ring (bicyclic) bond motifs is 1. The average molecular weight is 397 g/mol. The molecule has 0 fully saturated rings. The van der Waals surface area contributed by atoms with Crippen molar-refractivity contribution in [2.45, 2.75) is 20.0 Å². The summed E-state index contributed by atoms with van der Waals surface area (Å²) in [4.78, 5) is 29.6. The smallest absolute Gasteiger partial charge is 0.265 e. The van der Waals surface area contributed by atoms with Gasteiger partial charge in [0.15, 0.2) is 11.2 Å². The van der Waals surface area contributed by atoms with Crippen molar-refractivity contribution in [3.05, 3.63) is 58.7 Å². The van der Waals surface area contributed by atoms with Crippen LogP contribution < -0.4 is 15.4 Å². The van der Waals surface area contributed by atoms with Crippen molar-refractivity contribution in [3.63, 3.8) is 0 Å². The largest absolute Gasteiger partial charge is 0.479 e. The van der Waals surface area contributed by atoms with Crippen LogP contribution in [0.15, 0.2) is 42.5 Å². The highest BCUT2D eigenvalue weighted by Crippen LogP contribution is 2.37. The monoisotopic (exact) mass is 397 g/mol. The molecule has 2 heterocycles. The first-order valence-corrected chi connectivity index (χ1v) is 9.38. The van der Waals surface area contributed by atoms with Crippen LogP contribution in [0.1, 0.15) is 22.2 Å². The Kier molecular flexibility index (Phi) is 4.56. The summed E-state index contributed by atoms with van der Waals surface area (Å²) < 4.78 is 18.6. The minimum atomic E-state index is -0.535. The van der Waals surface area contributed by atoms with E-state index in [1.165, 1.54) is 35.6 Å². The number of aryl methyl sites for hydroxylation is 1. The maximum atomic E-state index is 13.0. The van der Waals surface area contributed by atoms with Gasteiger partial charge in [-0.1, -0.05) is 0 Å². The van der Waals surface area contributed by atoms with Gasteiger partial charge in [-0.05, 0) is 56.3 Å². The van der Waals surface area contributed by atoms with Gasteiger partial charge in [-0.3, -0.25) is 14.9 Å². The van der Waals surface area contributed by atoms with Crippen molar-refractivity contribution >= 4 is 34.0 Å². The highest BCUT2D eigenvalue weighted by Gasteiger charge is 2.24. The highest BCUT2D eigenvalue weighted by atomic mass is 32.1. The number of amides is 2. The van der Waals surface area contributed by atoms with E-state index in [4.69, 9.17) is 4.74 Å². The molecule has 0 radical (unpaired) electrons. The number of carbonyl (C=O) groups excluding carboxylic acids is 2. The first kappa shape index (κ1) is 18.1. The molecule has 6 nitrogen and oxygen atoms in total. The van der Waals surface area contributed by atoms with Gasteiger partial charge in [0.25, 0.3) is 11.8 Å². The molecule has 8 heteroatoms. The summed E-state index contributed by atoms with van der Waals surface area (Å²) in [5.74, 6) is -0.359. The van der Waals surface area contributed by atoms with Gasteiger partial charge in [0.05, 0.1) is 11.4 Å². The predicted molar refractivity (Wildman–Crippen MR) is 105 cm³/mol. The van der Waals surface area contributed by atoms with Gasteiger partial charge in [-0.15, -0.1) is 11.3 Å². The van der Waals surface area contributed by atoms with Crippen molar-refractivity contribution in [3.8, 4) is 17.0 Å². The molecule has 2 aromatic carbocycles. The zero-order chi connectivity index (χ0) is 19.8. The van der Waals surface area contributed by atoms with Crippen molar-refractivity contribution in [2.24, 2.45) is 0 Å². The molecule has 142 valence electrons. The number of nitrogens with zero attached hydrogens (tertiary/aromatic N) is 1. The van der Waals surface area contributed by atoms with Gasteiger partial charge in [0, 0.05) is 16.0 Å². The highest BCUT2D eigenvalue weighted by molar-refractivity contribution is 7.16. The van der Waals surface area contributed by atoms with E-state index in [1.807, 2.05) is 13.0 Å². The van der Waals surface area contributed by atoms with E-state index >= 15 is 0 Å². The Labute approximate surface area is 164 Å². The van der Waals surface area contributed by atoms with Crippen LogP contribution in [0.25, 0.3) is 11.3 Å². The lowest BCUT2D eigenvalue weighted by Crippen LogP contribution is -2.34. The van der Waals surface area contributed by atoms with E-state index in [0.29, 0.717) is 27.8 Å². The van der Waals surface area contributed by atoms with Crippen molar-refractivity contribution < 1.29 is 18.7 Å². The Hall–Kier alpha value is -3.26. The molecule has 3 aromatic rings. The second kappa shape index (κ2) is 7.05. The second-order valence-electron chi connectivity index (χ2n) is 6.35. The fourth-order valence-corrected chi connectivity index (χ4v) is 3.68. The molecular formula is C20H16FN3O3S. The van der Waals surface area contributed by atoms with Crippen LogP contribution >= 0.6 is 11.3 Å². The van der Waals surface area contributed by atoms with Crippen molar-refractivity contribution in [1.29, 1.82) is 0 Å². The molecule has 2 N–H and O–H groups in total. The third-order valence-electron chi connectivity index (χ3n) is 4.31. The van der Waals surface area contributed by atoms with Crippen LogP contribution in [0.3, 0.4) is 0 Å². The van der Waals surface area contributed by atoms with Gasteiger partial charge in [-0.25, -0.2) is 9.37 Å². The van der Waals surface area contributed by atoms with Crippen molar-refractivity contribution in [1.82, 2.24) is 4.98 Å². The number of nitrogens with one attached hydrogen (secondary N) is 2. The van der Waals surface area contributed by atoms with Gasteiger partial charge >= 0.3 is 0 Å². The number of rotatable bonds is 3. The second-order valence-corrected chi connectivity index (χ2v) is 7.55. The summed E-state index contributed by atoms with van der Waals surface area (Å²) in [5.41, 5.74) is 2.44. The first-order chi connectivity index (χ1) is 13.4. The third-order valence-corrected chi connectivity index (χ3v) is 5.19. The van der Waals surface area contributed by atoms with Crippen LogP contribution in [-0.2, 0) is 4.79 Å². The Bertz CT molecular complexity index is 1080. The maximum absolute atomic E-state index is 13.0. The number of aromatic nitrogens is 1. The molecular weight excluding hydrogens is 381 g/mol. The normalized spacial score (nSPS) is 15.4. The Morgan fingerprint density at radius 3 is 2.75 bits per heavy atom. The number of hydrogen-bond donors (Lipinski definition) is 2. The summed E-state index contributed by atoms with van der Waals surface area (Å²) in [6.07, 6.45) is -0.535. The maximum Gasteiger partial charge on any atom is 0.265 e. The molecule has 2 amide bonds. The van der Waals surface area contributed by atoms with Gasteiger partial charge in [0.1, 0.15) is 11.6 Å². The van der Waals surface area contributed by atoms with E-state index in [9.17, 15) is 14.0 Å². The SMILES string of the molecule is Cc1sc(NC(=O)c2ccc(F)cc2)nc1-c1ccc2c(c1)NC(=O)[C@@H](C)O2. The third kappa shape index (κ3) is 3.46. The van der Waals surface area contributed by atoms with Crippen LogP contribution in [0, 0.1) is 12.7 Å². The van der Waals surface area contributed by atoms with E-state index in [-0.39, 0.29) is 11.8 Å². The lowest BCUT2D eigenvalue weighted by Gasteiger charge is -2.23. The first-order valence-electron chi connectivity index (χ1n) is 8.57. The van der Waals surface area contributed by atoms with E-state index in [1.54, 1.807) is 19.1 Å². The predicted octanol–water partition coefficient (Wildman–Crippen LogP) is 4.23. The topological polar surface area (TPSA) is 80.3 Å². The average Bonchev–Trinajstić information content (AvgIpc) is 3.03. The summed E-state index contributed by atoms with van der Waals surface area (Å²) in [6, 6.07) is 10.7. The lowest BCUT2D eigenvalue weighted by atomic mass is 10.1. The summed E-state index contributed by atoms with van der Waals surface area (Å²) >= 11 is 1.34. The molecule has 1 aromatic heterocycles. The van der Waals surface area contributed by atoms with Gasteiger partial charge in [0.2, 0.25) is 0 Å². The molecule has 0 spiro atoms. The number of carbonyl (C=O) groups is 2. The standard InChI is InChI=1S/C20H16FN3O3S/c1-10-18(25)22-15-9-13(5-8-16(15)27-10)17-11(2)28-20(23-17)24-19(26)12-3-6-14(21)7-4-12/h3-10H,1-2H3,(H,22,25)(H,23,24,26)/t10-/m1/s1. The molecule has 0 aliphatic carbocycles. The fraction of sp³-hybridized carbons (Fsp3) is 0.150. The Balaban J connectivity index is 1.58. The fourth-order valence-electron chi connectivity index (χ4n) is 2.84. The molecule has 1 atom stereocenters. The van der Waals surface area contributed by atoms with Crippen LogP contribution in [0.4, 0.5) is 15.2 Å². The van der Waals surface area contributed by atoms with Gasteiger partial charge < -0.3 is 10.1 Å². The summed E-state index contributed by atoms with van der Waals surface area (Å²) in [5, 5.41) is 5.99. The molecule has 4 rings (SSSR count). The number of benzene rings is 2. The zero-order valence-corrected chi connectivity index (χ0v) is 15.9. The molecule has 0 bridgehead atoms. The molecule has 1 aliphatic heterocycles. The molecule has 1 aliphatic rings. The number of halogens is 1. The van der Waals surface area contributed by atoms with E-state index in [0.717, 1.165) is 10.4 Å². The van der Waals surface area contributed by atoms with Crippen molar-refractivity contribution in [2.75, 3.05) is 10.6 Å². The Morgan fingerprint density at radius 2 is 2.00 bits per heavy atom. The number of ether oxygens (including phenoxy) is 1. The minimum Gasteiger partial charge on any atom is -0.479 e. The molecule has 0 saturated heterocycles. The summed E-state index contributed by atoms with van der Waals surface area (Å²) in [6.45, 7) is 3.59. The summed E-state index contributed by atoms with van der Waals surface area (Å²) in [7, 11) is 0. The molecule has 28 heavy (non-hydrogen) atoms. The number of thiazole rings is 1. The molecule has 0 unspecified atom stereocenters. The lowest BCUT2D eigenvalue weighted by molar-refractivity contribution is -0.122.